The van der Waals surface area contributed by atoms with Crippen molar-refractivity contribution in [2.75, 3.05) is 0 Å². The van der Waals surface area contributed by atoms with Crippen LogP contribution in [0.2, 0.25) is 18.1 Å². The van der Waals surface area contributed by atoms with E-state index in [4.69, 9.17) is 13.0 Å². The van der Waals surface area contributed by atoms with Crippen LogP contribution in [0.15, 0.2) is 91.0 Å². The van der Waals surface area contributed by atoms with Crippen LogP contribution in [0.1, 0.15) is 41.5 Å². The van der Waals surface area contributed by atoms with Crippen LogP contribution in [0.5, 0.6) is 17.2 Å². The van der Waals surface area contributed by atoms with Crippen molar-refractivity contribution in [1.82, 2.24) is 0 Å². The molecule has 0 aliphatic carbocycles. The Bertz CT molecular complexity index is 885. The summed E-state index contributed by atoms with van der Waals surface area (Å²) in [5.41, 5.74) is 0. The van der Waals surface area contributed by atoms with Gasteiger partial charge in [0, 0.05) is 0 Å². The van der Waals surface area contributed by atoms with E-state index in [2.05, 4.69) is 41.5 Å². The van der Waals surface area contributed by atoms with Gasteiger partial charge in [0.1, 0.15) is 0 Å². The van der Waals surface area contributed by atoms with E-state index < -0.39 is 26.5 Å². The van der Waals surface area contributed by atoms with Gasteiger partial charge in [0.05, 0.1) is 0 Å². The molecule has 6 heteroatoms. The molecule has 0 N–H and O–H groups in total. The quantitative estimate of drug-likeness (QED) is 0.191. The standard InChI is InChI=1S/C12H27OSi.3C6H6O.Ti/c1-10(2)7-14(13,8-11(3)4)9-12(5)6;3*7-6-4-2-1-3-5-6;/h10-12H,7-9H2,1-6H3;3*1-5,7H;/q-1;;;;+4/p-3. The second-order valence-electron chi connectivity index (χ2n) is 10.8. The summed E-state index contributed by atoms with van der Waals surface area (Å²) in [5, 5.41) is 0. The summed E-state index contributed by atoms with van der Waals surface area (Å²) < 4.78 is 27.7. The molecule has 0 aromatic heterocycles. The van der Waals surface area contributed by atoms with Gasteiger partial charge in [0.15, 0.2) is 0 Å². The van der Waals surface area contributed by atoms with Gasteiger partial charge in [-0.2, -0.15) is 0 Å². The van der Waals surface area contributed by atoms with E-state index in [1.165, 1.54) is 0 Å². The summed E-state index contributed by atoms with van der Waals surface area (Å²) in [5.74, 6) is 3.60. The molecule has 0 heterocycles. The summed E-state index contributed by atoms with van der Waals surface area (Å²) in [6.45, 7) is 13.7. The van der Waals surface area contributed by atoms with Gasteiger partial charge >= 0.3 is 225 Å². The predicted octanol–water partition coefficient (Wildman–Crippen LogP) is 8.97. The fourth-order valence-corrected chi connectivity index (χ4v) is 17.2. The van der Waals surface area contributed by atoms with Crippen LogP contribution in [0.25, 0.3) is 0 Å². The molecule has 3 aromatic carbocycles. The molecule has 0 spiro atoms. The third kappa shape index (κ3) is 9.11. The SMILES string of the molecule is CC(C)C[Si](CC(C)C)(CC(C)C)[O][Ti]([O]c1ccccc1)([O]c1ccccc1)[O]c1ccccc1. The Labute approximate surface area is 224 Å². The zero-order valence-electron chi connectivity index (χ0n) is 22.6. The van der Waals surface area contributed by atoms with Crippen LogP contribution in [-0.4, -0.2) is 8.32 Å². The molecular weight excluding hydrogens is 500 g/mol. The third-order valence-electron chi connectivity index (χ3n) is 5.64. The van der Waals surface area contributed by atoms with Gasteiger partial charge in [0.25, 0.3) is 0 Å². The first-order valence-corrected chi connectivity index (χ1v) is 18.2. The molecular formula is C30H42O4SiTi. The molecule has 0 saturated carbocycles. The molecule has 0 amide bonds. The monoisotopic (exact) mass is 542 g/mol. The van der Waals surface area contributed by atoms with E-state index in [-0.39, 0.29) is 0 Å². The van der Waals surface area contributed by atoms with E-state index >= 15 is 0 Å². The summed E-state index contributed by atoms with van der Waals surface area (Å²) in [6.07, 6.45) is 0. The topological polar surface area (TPSA) is 36.9 Å². The van der Waals surface area contributed by atoms with Gasteiger partial charge in [-0.1, -0.05) is 0 Å². The Morgan fingerprint density at radius 2 is 0.778 bits per heavy atom. The summed E-state index contributed by atoms with van der Waals surface area (Å²) in [7, 11) is -2.37. The van der Waals surface area contributed by atoms with Crippen LogP contribution >= 0.6 is 0 Å². The normalized spacial score (nSPS) is 12.2. The fourth-order valence-electron chi connectivity index (χ4n) is 4.90. The molecule has 36 heavy (non-hydrogen) atoms. The minimum atomic E-state index is -4.50. The number of rotatable bonds is 14. The first-order valence-electron chi connectivity index (χ1n) is 13.1. The minimum absolute atomic E-state index is 0.499. The molecule has 0 bridgehead atoms. The zero-order chi connectivity index (χ0) is 26.0. The van der Waals surface area contributed by atoms with E-state index in [1.54, 1.807) is 0 Å². The number of hydrogen-bond acceptors (Lipinski definition) is 4. The first kappa shape index (κ1) is 28.5. The van der Waals surface area contributed by atoms with Crippen LogP contribution < -0.4 is 9.96 Å². The molecule has 0 aliphatic rings. The van der Waals surface area contributed by atoms with Gasteiger partial charge in [-0.25, -0.2) is 0 Å². The Hall–Kier alpha value is -2.05. The van der Waals surface area contributed by atoms with Crippen LogP contribution in [0.3, 0.4) is 0 Å². The van der Waals surface area contributed by atoms with E-state index in [0.717, 1.165) is 18.1 Å². The molecule has 0 saturated heterocycles. The van der Waals surface area contributed by atoms with Gasteiger partial charge in [0.2, 0.25) is 0 Å². The summed E-state index contributed by atoms with van der Waals surface area (Å²) >= 11 is -4.50. The molecule has 3 aromatic rings. The van der Waals surface area contributed by atoms with Gasteiger partial charge < -0.3 is 0 Å². The molecule has 194 valence electrons. The van der Waals surface area contributed by atoms with Crippen molar-refractivity contribution in [3.8, 4) is 17.2 Å². The second-order valence-corrected chi connectivity index (χ2v) is 18.1. The van der Waals surface area contributed by atoms with Crippen molar-refractivity contribution in [1.29, 1.82) is 0 Å². The average Bonchev–Trinajstić information content (AvgIpc) is 2.79. The Morgan fingerprint density at radius 3 is 1.03 bits per heavy atom. The van der Waals surface area contributed by atoms with E-state index in [9.17, 15) is 0 Å². The molecule has 3 rings (SSSR count). The maximum absolute atomic E-state index is 7.43. The van der Waals surface area contributed by atoms with Gasteiger partial charge in [-0.05, 0) is 0 Å². The molecule has 0 unspecified atom stereocenters. The van der Waals surface area contributed by atoms with Crippen LogP contribution in [0.4, 0.5) is 0 Å². The van der Waals surface area contributed by atoms with Crippen molar-refractivity contribution >= 4 is 8.32 Å². The second kappa shape index (κ2) is 13.5. The molecule has 0 fully saturated rings. The molecule has 0 aliphatic heterocycles. The van der Waals surface area contributed by atoms with Crippen LogP contribution in [0, 0.1) is 17.8 Å². The Kier molecular flexibility index (Phi) is 10.7. The van der Waals surface area contributed by atoms with Crippen molar-refractivity contribution in [2.24, 2.45) is 17.8 Å². The van der Waals surface area contributed by atoms with Gasteiger partial charge in [-0.3, -0.25) is 0 Å². The third-order valence-corrected chi connectivity index (χ3v) is 16.5. The van der Waals surface area contributed by atoms with Gasteiger partial charge in [-0.15, -0.1) is 0 Å². The predicted molar refractivity (Wildman–Crippen MR) is 147 cm³/mol. The van der Waals surface area contributed by atoms with Crippen molar-refractivity contribution in [3.63, 3.8) is 0 Å². The van der Waals surface area contributed by atoms with Crippen molar-refractivity contribution in [2.45, 2.75) is 59.7 Å². The molecule has 4 nitrogen and oxygen atoms in total. The Balaban J connectivity index is 2.16. The fraction of sp³-hybridized carbons (Fsp3) is 0.400. The van der Waals surface area contributed by atoms with Crippen molar-refractivity contribution < 1.29 is 31.1 Å². The molecule has 0 radical (unpaired) electrons. The maximum atomic E-state index is 7.43. The number of para-hydroxylation sites is 3. The molecule has 0 atom stereocenters. The zero-order valence-corrected chi connectivity index (χ0v) is 25.2. The number of hydrogen-bond donors (Lipinski definition) is 0. The Morgan fingerprint density at radius 1 is 0.500 bits per heavy atom. The number of benzene rings is 3. The van der Waals surface area contributed by atoms with E-state index in [1.807, 2.05) is 91.0 Å². The summed E-state index contributed by atoms with van der Waals surface area (Å²) in [4.78, 5) is 0. The van der Waals surface area contributed by atoms with Crippen LogP contribution in [-0.2, 0) is 21.1 Å². The van der Waals surface area contributed by atoms with E-state index in [0.29, 0.717) is 35.0 Å². The first-order chi connectivity index (χ1) is 17.2. The summed E-state index contributed by atoms with van der Waals surface area (Å²) in [6, 6.07) is 32.5. The van der Waals surface area contributed by atoms with Crippen molar-refractivity contribution in [3.05, 3.63) is 91.0 Å². The average molecular weight is 543 g/mol.